The van der Waals surface area contributed by atoms with Crippen LogP contribution in [0.5, 0.6) is 0 Å². The summed E-state index contributed by atoms with van der Waals surface area (Å²) >= 11 is 0. The van der Waals surface area contributed by atoms with Crippen LogP contribution in [-0.4, -0.2) is 50.4 Å². The number of hydrogen-bond acceptors (Lipinski definition) is 5. The number of alkyl halides is 1. The molecule has 6 heteroatoms. The highest BCUT2D eigenvalue weighted by atomic mass is 19.1. The van der Waals surface area contributed by atoms with Gasteiger partial charge >= 0.3 is 0 Å². The molecule has 4 aliphatic carbocycles. The Hall–Kier alpha value is -1.37. The lowest BCUT2D eigenvalue weighted by molar-refractivity contribution is -0.228. The SMILES string of the molecule is CC1(O)C(=O)C2(C)CC(O)C3(F)C(CCC4=CC(=O)C=CC43C)C2CC1O. The van der Waals surface area contributed by atoms with Gasteiger partial charge in [0.25, 0.3) is 0 Å². The largest absolute Gasteiger partial charge is 0.390 e. The third-order valence-corrected chi connectivity index (χ3v) is 8.14. The molecule has 0 bridgehead atoms. The Morgan fingerprint density at radius 1 is 1.11 bits per heavy atom. The van der Waals surface area contributed by atoms with Crippen LogP contribution in [0, 0.1) is 22.7 Å². The second kappa shape index (κ2) is 5.37. The van der Waals surface area contributed by atoms with Crippen molar-refractivity contribution in [2.75, 3.05) is 0 Å². The molecule has 0 heterocycles. The van der Waals surface area contributed by atoms with Gasteiger partial charge in [0.15, 0.2) is 17.2 Å². The van der Waals surface area contributed by atoms with Crippen LogP contribution in [0.15, 0.2) is 23.8 Å². The van der Waals surface area contributed by atoms with E-state index in [2.05, 4.69) is 0 Å². The maximum atomic E-state index is 16.7. The second-order valence-corrected chi connectivity index (χ2v) is 9.49. The van der Waals surface area contributed by atoms with E-state index in [-0.39, 0.29) is 18.6 Å². The molecule has 0 amide bonds. The molecule has 0 aromatic rings. The average Bonchev–Trinajstić information content (AvgIpc) is 2.59. The fraction of sp³-hybridized carbons (Fsp3) is 0.714. The molecule has 8 atom stereocenters. The minimum atomic E-state index is -2.04. The Morgan fingerprint density at radius 2 is 1.78 bits per heavy atom. The molecule has 0 radical (unpaired) electrons. The summed E-state index contributed by atoms with van der Waals surface area (Å²) in [7, 11) is 0. The average molecular weight is 378 g/mol. The summed E-state index contributed by atoms with van der Waals surface area (Å²) in [4.78, 5) is 24.8. The van der Waals surface area contributed by atoms with Crippen molar-refractivity contribution in [1.29, 1.82) is 0 Å². The van der Waals surface area contributed by atoms with Crippen LogP contribution in [0.4, 0.5) is 4.39 Å². The van der Waals surface area contributed by atoms with Crippen molar-refractivity contribution in [3.63, 3.8) is 0 Å². The molecule has 0 aromatic carbocycles. The number of carbonyl (C=O) groups is 2. The number of Topliss-reactive ketones (excluding diaryl/α,β-unsaturated/α-hetero) is 1. The maximum Gasteiger partial charge on any atom is 0.178 e. The number of aliphatic hydroxyl groups excluding tert-OH is 2. The number of fused-ring (bicyclic) bond motifs is 5. The Balaban J connectivity index is 1.84. The second-order valence-electron chi connectivity index (χ2n) is 9.49. The summed E-state index contributed by atoms with van der Waals surface area (Å²) in [6.07, 6.45) is 2.57. The van der Waals surface area contributed by atoms with Gasteiger partial charge in [-0.1, -0.05) is 18.6 Å². The minimum absolute atomic E-state index is 0.107. The normalized spacial score (nSPS) is 54.7. The van der Waals surface area contributed by atoms with Crippen molar-refractivity contribution in [3.05, 3.63) is 23.8 Å². The number of allylic oxidation sites excluding steroid dienone is 4. The smallest absolute Gasteiger partial charge is 0.178 e. The van der Waals surface area contributed by atoms with Crippen LogP contribution in [0.25, 0.3) is 0 Å². The molecule has 148 valence electrons. The molecule has 4 rings (SSSR count). The van der Waals surface area contributed by atoms with E-state index in [1.54, 1.807) is 19.9 Å². The first kappa shape index (κ1) is 19.0. The van der Waals surface area contributed by atoms with Gasteiger partial charge in [-0.3, -0.25) is 9.59 Å². The number of rotatable bonds is 0. The van der Waals surface area contributed by atoms with Crippen molar-refractivity contribution < 1.29 is 29.3 Å². The van der Waals surface area contributed by atoms with Gasteiger partial charge in [-0.15, -0.1) is 0 Å². The highest BCUT2D eigenvalue weighted by Gasteiger charge is 2.72. The molecular weight excluding hydrogens is 351 g/mol. The molecule has 4 aliphatic rings. The monoisotopic (exact) mass is 378 g/mol. The first-order valence-corrected chi connectivity index (χ1v) is 9.65. The molecule has 5 nitrogen and oxygen atoms in total. The number of carbonyl (C=O) groups excluding carboxylic acids is 2. The number of halogens is 1. The zero-order chi connectivity index (χ0) is 20.0. The van der Waals surface area contributed by atoms with Crippen LogP contribution in [0.2, 0.25) is 0 Å². The molecule has 3 saturated carbocycles. The number of ketones is 2. The molecule has 0 saturated heterocycles. The molecule has 8 unspecified atom stereocenters. The lowest BCUT2D eigenvalue weighted by Crippen LogP contribution is -2.72. The van der Waals surface area contributed by atoms with Gasteiger partial charge in [-0.25, -0.2) is 4.39 Å². The van der Waals surface area contributed by atoms with Gasteiger partial charge in [0.2, 0.25) is 0 Å². The maximum absolute atomic E-state index is 16.7. The molecule has 0 aliphatic heterocycles. The summed E-state index contributed by atoms with van der Waals surface area (Å²) < 4.78 is 16.7. The van der Waals surface area contributed by atoms with Gasteiger partial charge in [0, 0.05) is 16.7 Å². The zero-order valence-electron chi connectivity index (χ0n) is 15.9. The van der Waals surface area contributed by atoms with Crippen LogP contribution in [0.3, 0.4) is 0 Å². The van der Waals surface area contributed by atoms with Crippen molar-refractivity contribution in [2.24, 2.45) is 22.7 Å². The molecule has 3 N–H and O–H groups in total. The Kier molecular flexibility index (Phi) is 3.77. The van der Waals surface area contributed by atoms with Crippen LogP contribution in [0.1, 0.15) is 46.5 Å². The van der Waals surface area contributed by atoms with Gasteiger partial charge in [-0.2, -0.15) is 0 Å². The topological polar surface area (TPSA) is 94.8 Å². The summed E-state index contributed by atoms with van der Waals surface area (Å²) in [5, 5.41) is 31.9. The first-order valence-electron chi connectivity index (χ1n) is 9.65. The predicted molar refractivity (Wildman–Crippen MR) is 95.4 cm³/mol. The summed E-state index contributed by atoms with van der Waals surface area (Å²) in [5.41, 5.74) is -5.50. The number of aliphatic hydroxyl groups is 3. The Bertz CT molecular complexity index is 785. The standard InChI is InChI=1S/C21H27FO5/c1-18-10-16(25)21(22)13(14(18)9-15(24)20(3,27)17(18)26)5-4-11-8-12(23)6-7-19(11,21)2/h6-8,13-16,24-25,27H,4-5,9-10H2,1-3H3. The Labute approximate surface area is 158 Å². The predicted octanol–water partition coefficient (Wildman–Crippen LogP) is 1.65. The van der Waals surface area contributed by atoms with Crippen molar-refractivity contribution in [3.8, 4) is 0 Å². The van der Waals surface area contributed by atoms with E-state index in [0.29, 0.717) is 18.4 Å². The van der Waals surface area contributed by atoms with E-state index in [1.165, 1.54) is 19.1 Å². The quantitative estimate of drug-likeness (QED) is 0.596. The zero-order valence-corrected chi connectivity index (χ0v) is 15.9. The van der Waals surface area contributed by atoms with E-state index >= 15 is 4.39 Å². The van der Waals surface area contributed by atoms with Gasteiger partial charge in [-0.05, 0) is 57.6 Å². The van der Waals surface area contributed by atoms with Crippen LogP contribution < -0.4 is 0 Å². The van der Waals surface area contributed by atoms with Crippen molar-refractivity contribution in [1.82, 2.24) is 0 Å². The third-order valence-electron chi connectivity index (χ3n) is 8.14. The number of hydrogen-bond donors (Lipinski definition) is 3. The van der Waals surface area contributed by atoms with Gasteiger partial charge < -0.3 is 15.3 Å². The van der Waals surface area contributed by atoms with Gasteiger partial charge in [0.1, 0.15) is 5.60 Å². The molecule has 3 fully saturated rings. The molecule has 0 spiro atoms. The molecule has 0 aromatic heterocycles. The third kappa shape index (κ3) is 2.09. The highest BCUT2D eigenvalue weighted by molar-refractivity contribution is 6.01. The van der Waals surface area contributed by atoms with E-state index in [1.807, 2.05) is 0 Å². The Morgan fingerprint density at radius 3 is 2.44 bits per heavy atom. The van der Waals surface area contributed by atoms with Crippen molar-refractivity contribution in [2.45, 2.75) is 69.9 Å². The summed E-state index contributed by atoms with van der Waals surface area (Å²) in [5.74, 6) is -1.85. The highest BCUT2D eigenvalue weighted by Crippen LogP contribution is 2.66. The fourth-order valence-electron chi connectivity index (χ4n) is 6.46. The first-order chi connectivity index (χ1) is 12.4. The lowest BCUT2D eigenvalue weighted by Gasteiger charge is -2.64. The van der Waals surface area contributed by atoms with E-state index in [9.17, 15) is 24.9 Å². The van der Waals surface area contributed by atoms with Crippen LogP contribution in [-0.2, 0) is 9.59 Å². The van der Waals surface area contributed by atoms with Gasteiger partial charge in [0.05, 0.1) is 12.2 Å². The van der Waals surface area contributed by atoms with Crippen LogP contribution >= 0.6 is 0 Å². The fourth-order valence-corrected chi connectivity index (χ4v) is 6.46. The van der Waals surface area contributed by atoms with E-state index < -0.39 is 51.9 Å². The molecular formula is C21H27FO5. The van der Waals surface area contributed by atoms with E-state index in [4.69, 9.17) is 0 Å². The molecule has 27 heavy (non-hydrogen) atoms. The van der Waals surface area contributed by atoms with Crippen molar-refractivity contribution >= 4 is 11.6 Å². The summed E-state index contributed by atoms with van der Waals surface area (Å²) in [6.45, 7) is 4.68. The van der Waals surface area contributed by atoms with E-state index in [0.717, 1.165) is 0 Å². The lowest BCUT2D eigenvalue weighted by atomic mass is 9.42. The summed E-state index contributed by atoms with van der Waals surface area (Å²) in [6, 6.07) is 0. The minimum Gasteiger partial charge on any atom is -0.390 e.